The molecule has 0 saturated heterocycles. The van der Waals surface area contributed by atoms with Crippen molar-refractivity contribution >= 4 is 34.2 Å². The molecule has 0 fully saturated rings. The number of aromatic nitrogens is 2. The van der Waals surface area contributed by atoms with Crippen molar-refractivity contribution in [1.29, 1.82) is 0 Å². The summed E-state index contributed by atoms with van der Waals surface area (Å²) in [4.78, 5) is 7.88. The second kappa shape index (κ2) is 5.48. The zero-order valence-electron chi connectivity index (χ0n) is 8.41. The van der Waals surface area contributed by atoms with Crippen LogP contribution < -0.4 is 0 Å². The van der Waals surface area contributed by atoms with Gasteiger partial charge in [0.15, 0.2) is 0 Å². The van der Waals surface area contributed by atoms with Crippen LogP contribution in [0.1, 0.15) is 24.9 Å². The zero-order valence-corrected chi connectivity index (χ0v) is 11.3. The lowest BCUT2D eigenvalue weighted by molar-refractivity contribution is -0.134. The lowest BCUT2D eigenvalue weighted by Crippen LogP contribution is -2.11. The average Bonchev–Trinajstić information content (AvgIpc) is 2.18. The van der Waals surface area contributed by atoms with E-state index in [1.165, 1.54) is 0 Å². The normalized spacial score (nSPS) is 11.9. The number of alkyl halides is 3. The molecule has 0 aliphatic heterocycles. The Morgan fingerprint density at radius 1 is 1.31 bits per heavy atom. The maximum absolute atomic E-state index is 12.0. The fraction of sp³-hybridized carbons (Fsp3) is 0.556. The van der Waals surface area contributed by atoms with Crippen LogP contribution in [0.4, 0.5) is 13.2 Å². The molecule has 2 nitrogen and oxygen atoms in total. The van der Waals surface area contributed by atoms with Crippen molar-refractivity contribution in [3.05, 3.63) is 20.2 Å². The maximum Gasteiger partial charge on any atom is 0.389 e. The van der Waals surface area contributed by atoms with Gasteiger partial charge in [-0.1, -0.05) is 18.5 Å². The van der Waals surface area contributed by atoms with Crippen molar-refractivity contribution in [2.24, 2.45) is 0 Å². The molecule has 0 N–H and O–H groups in total. The van der Waals surface area contributed by atoms with Crippen LogP contribution in [0.3, 0.4) is 0 Å². The van der Waals surface area contributed by atoms with Gasteiger partial charge in [-0.15, -0.1) is 0 Å². The van der Waals surface area contributed by atoms with Crippen LogP contribution in [0.25, 0.3) is 0 Å². The highest BCUT2D eigenvalue weighted by molar-refractivity contribution is 14.1. The maximum atomic E-state index is 12.0. The Balaban J connectivity index is 2.86. The number of halogens is 5. The fourth-order valence-electron chi connectivity index (χ4n) is 1.11. The Morgan fingerprint density at radius 3 is 2.44 bits per heavy atom. The Hall–Kier alpha value is -0.110. The van der Waals surface area contributed by atoms with Gasteiger partial charge in [-0.2, -0.15) is 13.2 Å². The first kappa shape index (κ1) is 14.0. The molecule has 1 heterocycles. The van der Waals surface area contributed by atoms with E-state index in [1.807, 2.05) is 29.5 Å². The van der Waals surface area contributed by atoms with Gasteiger partial charge in [0.25, 0.3) is 0 Å². The monoisotopic (exact) mass is 364 g/mol. The summed E-state index contributed by atoms with van der Waals surface area (Å²) < 4.78 is 36.7. The molecular formula is C9H9ClF3IN2. The summed E-state index contributed by atoms with van der Waals surface area (Å²) in [5.41, 5.74) is 0.692. The second-order valence-corrected chi connectivity index (χ2v) is 4.60. The summed E-state index contributed by atoms with van der Waals surface area (Å²) in [5.74, 6) is 0.152. The third kappa shape index (κ3) is 4.04. The van der Waals surface area contributed by atoms with Gasteiger partial charge in [-0.05, 0) is 29.0 Å². The lowest BCUT2D eigenvalue weighted by Gasteiger charge is -2.08. The van der Waals surface area contributed by atoms with E-state index in [1.54, 1.807) is 0 Å². The van der Waals surface area contributed by atoms with E-state index in [4.69, 9.17) is 11.6 Å². The van der Waals surface area contributed by atoms with Crippen LogP contribution in [0, 0.1) is 3.57 Å². The average molecular weight is 365 g/mol. The van der Waals surface area contributed by atoms with Crippen LogP contribution in [0.15, 0.2) is 0 Å². The predicted molar refractivity (Wildman–Crippen MR) is 63.5 cm³/mol. The SMILES string of the molecule is CCc1nc(CCC(F)(F)F)nc(Cl)c1I. The molecule has 0 saturated carbocycles. The molecule has 0 atom stereocenters. The van der Waals surface area contributed by atoms with E-state index in [0.29, 0.717) is 15.7 Å². The first-order chi connectivity index (χ1) is 7.33. The molecule has 1 aromatic rings. The molecular weight excluding hydrogens is 355 g/mol. The lowest BCUT2D eigenvalue weighted by atomic mass is 10.2. The van der Waals surface area contributed by atoms with Gasteiger partial charge in [-0.25, -0.2) is 9.97 Å². The summed E-state index contributed by atoms with van der Waals surface area (Å²) in [6.07, 6.45) is -4.72. The van der Waals surface area contributed by atoms with Crippen LogP contribution >= 0.6 is 34.2 Å². The molecule has 16 heavy (non-hydrogen) atoms. The first-order valence-corrected chi connectivity index (χ1v) is 6.06. The minimum absolute atomic E-state index is 0.152. The minimum atomic E-state index is -4.19. The second-order valence-electron chi connectivity index (χ2n) is 3.16. The van der Waals surface area contributed by atoms with Crippen molar-refractivity contribution < 1.29 is 13.2 Å². The number of nitrogens with zero attached hydrogens (tertiary/aromatic N) is 2. The molecule has 0 aliphatic carbocycles. The van der Waals surface area contributed by atoms with Crippen molar-refractivity contribution in [1.82, 2.24) is 9.97 Å². The van der Waals surface area contributed by atoms with Crippen molar-refractivity contribution in [2.45, 2.75) is 32.4 Å². The molecule has 0 bridgehead atoms. The highest BCUT2D eigenvalue weighted by Gasteiger charge is 2.27. The topological polar surface area (TPSA) is 25.8 Å². The summed E-state index contributed by atoms with van der Waals surface area (Å²) in [6.45, 7) is 1.87. The van der Waals surface area contributed by atoms with Gasteiger partial charge in [0.1, 0.15) is 11.0 Å². The Morgan fingerprint density at radius 2 is 1.94 bits per heavy atom. The summed E-state index contributed by atoms with van der Waals surface area (Å²) in [5, 5.41) is 0.227. The molecule has 0 aliphatic rings. The van der Waals surface area contributed by atoms with Crippen LogP contribution in [-0.2, 0) is 12.8 Å². The summed E-state index contributed by atoms with van der Waals surface area (Å²) in [6, 6.07) is 0. The molecule has 7 heteroatoms. The van der Waals surface area contributed by atoms with Crippen LogP contribution in [0.2, 0.25) is 5.15 Å². The molecule has 1 aromatic heterocycles. The number of hydrogen-bond donors (Lipinski definition) is 0. The van der Waals surface area contributed by atoms with E-state index in [9.17, 15) is 13.2 Å². The highest BCUT2D eigenvalue weighted by atomic mass is 127. The van der Waals surface area contributed by atoms with Gasteiger partial charge in [0, 0.05) is 6.42 Å². The van der Waals surface area contributed by atoms with Gasteiger partial charge in [0.05, 0.1) is 15.7 Å². The number of hydrogen-bond acceptors (Lipinski definition) is 2. The van der Waals surface area contributed by atoms with E-state index in [-0.39, 0.29) is 17.4 Å². The highest BCUT2D eigenvalue weighted by Crippen LogP contribution is 2.23. The summed E-state index contributed by atoms with van der Waals surface area (Å²) >= 11 is 7.79. The Kier molecular flexibility index (Phi) is 4.78. The molecule has 90 valence electrons. The Bertz CT molecular complexity index is 382. The van der Waals surface area contributed by atoms with E-state index in [0.717, 1.165) is 0 Å². The summed E-state index contributed by atoms with van der Waals surface area (Å²) in [7, 11) is 0. The smallest absolute Gasteiger partial charge is 0.237 e. The van der Waals surface area contributed by atoms with Crippen molar-refractivity contribution in [3.8, 4) is 0 Å². The third-order valence-electron chi connectivity index (χ3n) is 1.89. The first-order valence-electron chi connectivity index (χ1n) is 4.61. The molecule has 1 rings (SSSR count). The largest absolute Gasteiger partial charge is 0.389 e. The predicted octanol–water partition coefficient (Wildman–Crippen LogP) is 3.79. The molecule has 0 unspecified atom stereocenters. The van der Waals surface area contributed by atoms with E-state index >= 15 is 0 Å². The van der Waals surface area contributed by atoms with Gasteiger partial charge in [-0.3, -0.25) is 0 Å². The van der Waals surface area contributed by atoms with Crippen molar-refractivity contribution in [2.75, 3.05) is 0 Å². The van der Waals surface area contributed by atoms with E-state index in [2.05, 4.69) is 9.97 Å². The fourth-order valence-corrected chi connectivity index (χ4v) is 1.94. The van der Waals surface area contributed by atoms with Crippen molar-refractivity contribution in [3.63, 3.8) is 0 Å². The van der Waals surface area contributed by atoms with Crippen LogP contribution in [0.5, 0.6) is 0 Å². The zero-order chi connectivity index (χ0) is 12.3. The molecule has 0 spiro atoms. The Labute approximate surface area is 110 Å². The standard InChI is InChI=1S/C9H9ClF3IN2/c1-2-5-7(14)8(10)16-6(15-5)3-4-9(11,12)13/h2-4H2,1H3. The number of aryl methyl sites for hydroxylation is 2. The molecule has 0 amide bonds. The molecule has 0 radical (unpaired) electrons. The third-order valence-corrected chi connectivity index (χ3v) is 3.62. The van der Waals surface area contributed by atoms with Gasteiger partial charge < -0.3 is 0 Å². The number of rotatable bonds is 3. The molecule has 0 aromatic carbocycles. The van der Waals surface area contributed by atoms with Crippen LogP contribution in [-0.4, -0.2) is 16.1 Å². The van der Waals surface area contributed by atoms with Gasteiger partial charge >= 0.3 is 6.18 Å². The minimum Gasteiger partial charge on any atom is -0.237 e. The van der Waals surface area contributed by atoms with Gasteiger partial charge in [0.2, 0.25) is 0 Å². The quantitative estimate of drug-likeness (QED) is 0.602. The van der Waals surface area contributed by atoms with E-state index < -0.39 is 12.6 Å².